The lowest BCUT2D eigenvalue weighted by molar-refractivity contribution is 0.0971. The molecule has 0 saturated carbocycles. The van der Waals surface area contributed by atoms with Crippen molar-refractivity contribution >= 4 is 28.9 Å². The van der Waals surface area contributed by atoms with Crippen LogP contribution in [-0.4, -0.2) is 25.2 Å². The monoisotopic (exact) mass is 334 g/mol. The second kappa shape index (κ2) is 7.55. The van der Waals surface area contributed by atoms with Gasteiger partial charge < -0.3 is 14.8 Å². The quantitative estimate of drug-likeness (QED) is 0.842. The SMILES string of the molecule is COc1cccc(OC)c1C(=O)NC(=S)Nc1cccc(F)c1. The number of hydrogen-bond acceptors (Lipinski definition) is 4. The van der Waals surface area contributed by atoms with Crippen LogP contribution in [0.25, 0.3) is 0 Å². The minimum absolute atomic E-state index is 0.0357. The molecule has 0 aromatic heterocycles. The topological polar surface area (TPSA) is 59.6 Å². The first-order valence-electron chi connectivity index (χ1n) is 6.64. The Balaban J connectivity index is 2.14. The maximum absolute atomic E-state index is 13.1. The summed E-state index contributed by atoms with van der Waals surface area (Å²) in [5, 5.41) is 5.28. The van der Waals surface area contributed by atoms with Crippen molar-refractivity contribution in [1.29, 1.82) is 0 Å². The van der Waals surface area contributed by atoms with E-state index in [2.05, 4.69) is 10.6 Å². The number of carbonyl (C=O) groups is 1. The molecular weight excluding hydrogens is 319 g/mol. The van der Waals surface area contributed by atoms with Crippen LogP contribution in [0, 0.1) is 5.82 Å². The molecule has 0 spiro atoms. The van der Waals surface area contributed by atoms with E-state index < -0.39 is 11.7 Å². The van der Waals surface area contributed by atoms with Gasteiger partial charge in [0.2, 0.25) is 0 Å². The summed E-state index contributed by atoms with van der Waals surface area (Å²) < 4.78 is 23.5. The summed E-state index contributed by atoms with van der Waals surface area (Å²) in [4.78, 5) is 12.4. The molecule has 0 fully saturated rings. The maximum Gasteiger partial charge on any atom is 0.264 e. The van der Waals surface area contributed by atoms with Crippen LogP contribution in [0.4, 0.5) is 10.1 Å². The summed E-state index contributed by atoms with van der Waals surface area (Å²) in [6.07, 6.45) is 0. The van der Waals surface area contributed by atoms with Gasteiger partial charge in [-0.2, -0.15) is 0 Å². The lowest BCUT2D eigenvalue weighted by Gasteiger charge is -2.14. The van der Waals surface area contributed by atoms with E-state index in [1.165, 1.54) is 32.4 Å². The maximum atomic E-state index is 13.1. The van der Waals surface area contributed by atoms with Gasteiger partial charge in [0.15, 0.2) is 5.11 Å². The molecule has 0 aliphatic carbocycles. The third kappa shape index (κ3) is 4.17. The minimum Gasteiger partial charge on any atom is -0.496 e. The predicted octanol–water partition coefficient (Wildman–Crippen LogP) is 2.97. The van der Waals surface area contributed by atoms with Crippen LogP contribution in [0.3, 0.4) is 0 Å². The molecular formula is C16H15FN2O3S. The van der Waals surface area contributed by atoms with E-state index in [-0.39, 0.29) is 10.7 Å². The molecule has 5 nitrogen and oxygen atoms in total. The van der Waals surface area contributed by atoms with Crippen molar-refractivity contribution in [2.75, 3.05) is 19.5 Å². The second-order valence-electron chi connectivity index (χ2n) is 4.46. The van der Waals surface area contributed by atoms with Crippen molar-refractivity contribution in [1.82, 2.24) is 5.32 Å². The molecule has 0 unspecified atom stereocenters. The Hall–Kier alpha value is -2.67. The van der Waals surface area contributed by atoms with Crippen molar-refractivity contribution in [2.24, 2.45) is 0 Å². The smallest absolute Gasteiger partial charge is 0.264 e. The highest BCUT2D eigenvalue weighted by atomic mass is 32.1. The number of rotatable bonds is 4. The Morgan fingerprint density at radius 1 is 1.09 bits per heavy atom. The Morgan fingerprint density at radius 2 is 1.70 bits per heavy atom. The van der Waals surface area contributed by atoms with Gasteiger partial charge in [0.05, 0.1) is 14.2 Å². The molecule has 0 atom stereocenters. The van der Waals surface area contributed by atoms with E-state index in [1.54, 1.807) is 24.3 Å². The zero-order chi connectivity index (χ0) is 16.8. The van der Waals surface area contributed by atoms with Gasteiger partial charge in [0.25, 0.3) is 5.91 Å². The average Bonchev–Trinajstić information content (AvgIpc) is 2.53. The zero-order valence-corrected chi connectivity index (χ0v) is 13.4. The van der Waals surface area contributed by atoms with Gasteiger partial charge >= 0.3 is 0 Å². The molecule has 2 aromatic rings. The standard InChI is InChI=1S/C16H15FN2O3S/c1-21-12-7-4-8-13(22-2)14(12)15(20)19-16(23)18-11-6-3-5-10(17)9-11/h3-9H,1-2H3,(H2,18,19,20,23). The first-order valence-corrected chi connectivity index (χ1v) is 7.05. The van der Waals surface area contributed by atoms with E-state index in [0.29, 0.717) is 17.2 Å². The number of carbonyl (C=O) groups excluding carboxylic acids is 1. The average molecular weight is 334 g/mol. The van der Waals surface area contributed by atoms with Crippen LogP contribution in [0.2, 0.25) is 0 Å². The predicted molar refractivity (Wildman–Crippen MR) is 89.6 cm³/mol. The first kappa shape index (κ1) is 16.7. The normalized spacial score (nSPS) is 9.87. The second-order valence-corrected chi connectivity index (χ2v) is 4.86. The van der Waals surface area contributed by atoms with Gasteiger partial charge in [0, 0.05) is 5.69 Å². The van der Waals surface area contributed by atoms with Crippen molar-refractivity contribution in [3.63, 3.8) is 0 Å². The van der Waals surface area contributed by atoms with Crippen molar-refractivity contribution in [3.8, 4) is 11.5 Å². The Bertz CT molecular complexity index is 715. The summed E-state index contributed by atoms with van der Waals surface area (Å²) in [6.45, 7) is 0. The largest absolute Gasteiger partial charge is 0.496 e. The van der Waals surface area contributed by atoms with Gasteiger partial charge in [-0.15, -0.1) is 0 Å². The van der Waals surface area contributed by atoms with Crippen LogP contribution >= 0.6 is 12.2 Å². The van der Waals surface area contributed by atoms with Crippen LogP contribution in [0.1, 0.15) is 10.4 Å². The number of nitrogens with one attached hydrogen (secondary N) is 2. The first-order chi connectivity index (χ1) is 11.0. The Kier molecular flexibility index (Phi) is 5.48. The number of methoxy groups -OCH3 is 2. The minimum atomic E-state index is -0.492. The molecule has 0 heterocycles. The van der Waals surface area contributed by atoms with Gasteiger partial charge in [-0.3, -0.25) is 10.1 Å². The third-order valence-corrected chi connectivity index (χ3v) is 3.17. The molecule has 7 heteroatoms. The fraction of sp³-hybridized carbons (Fsp3) is 0.125. The van der Waals surface area contributed by atoms with Crippen molar-refractivity contribution in [3.05, 3.63) is 53.8 Å². The third-order valence-electron chi connectivity index (χ3n) is 2.96. The molecule has 2 aromatic carbocycles. The van der Waals surface area contributed by atoms with Gasteiger partial charge in [-0.05, 0) is 42.5 Å². The van der Waals surface area contributed by atoms with Crippen LogP contribution < -0.4 is 20.1 Å². The van der Waals surface area contributed by atoms with Crippen LogP contribution in [0.15, 0.2) is 42.5 Å². The summed E-state index contributed by atoms with van der Waals surface area (Å²) in [7, 11) is 2.91. The molecule has 0 saturated heterocycles. The lowest BCUT2D eigenvalue weighted by Crippen LogP contribution is -2.34. The molecule has 1 amide bonds. The van der Waals surface area contributed by atoms with E-state index in [1.807, 2.05) is 0 Å². The number of halogens is 1. The fourth-order valence-corrected chi connectivity index (χ4v) is 2.18. The van der Waals surface area contributed by atoms with Gasteiger partial charge in [-0.25, -0.2) is 4.39 Å². The van der Waals surface area contributed by atoms with Crippen molar-refractivity contribution in [2.45, 2.75) is 0 Å². The lowest BCUT2D eigenvalue weighted by atomic mass is 10.1. The van der Waals surface area contributed by atoms with E-state index >= 15 is 0 Å². The summed E-state index contributed by atoms with van der Waals surface area (Å²) in [5.41, 5.74) is 0.656. The van der Waals surface area contributed by atoms with E-state index in [9.17, 15) is 9.18 Å². The molecule has 0 aliphatic heterocycles. The number of ether oxygens (including phenoxy) is 2. The highest BCUT2D eigenvalue weighted by Gasteiger charge is 2.19. The van der Waals surface area contributed by atoms with Crippen LogP contribution in [-0.2, 0) is 0 Å². The highest BCUT2D eigenvalue weighted by Crippen LogP contribution is 2.27. The van der Waals surface area contributed by atoms with Crippen molar-refractivity contribution < 1.29 is 18.7 Å². The number of thiocarbonyl (C=S) groups is 1. The molecule has 0 aliphatic rings. The molecule has 2 N–H and O–H groups in total. The Morgan fingerprint density at radius 3 is 2.26 bits per heavy atom. The summed E-state index contributed by atoms with van der Waals surface area (Å²) in [5.74, 6) is -0.186. The number of benzene rings is 2. The number of anilines is 1. The van der Waals surface area contributed by atoms with Gasteiger partial charge in [-0.1, -0.05) is 12.1 Å². The van der Waals surface area contributed by atoms with E-state index in [4.69, 9.17) is 21.7 Å². The number of amides is 1. The molecule has 23 heavy (non-hydrogen) atoms. The van der Waals surface area contributed by atoms with Gasteiger partial charge in [0.1, 0.15) is 22.9 Å². The number of hydrogen-bond donors (Lipinski definition) is 2. The highest BCUT2D eigenvalue weighted by molar-refractivity contribution is 7.80. The molecule has 2 rings (SSSR count). The molecule has 120 valence electrons. The zero-order valence-electron chi connectivity index (χ0n) is 12.6. The Labute approximate surface area is 138 Å². The molecule has 0 bridgehead atoms. The van der Waals surface area contributed by atoms with Crippen LogP contribution in [0.5, 0.6) is 11.5 Å². The summed E-state index contributed by atoms with van der Waals surface area (Å²) in [6, 6.07) is 10.7. The summed E-state index contributed by atoms with van der Waals surface area (Å²) >= 11 is 5.07. The molecule has 0 radical (unpaired) electrons. The fourth-order valence-electron chi connectivity index (χ4n) is 1.97. The van der Waals surface area contributed by atoms with E-state index in [0.717, 1.165) is 0 Å².